The van der Waals surface area contributed by atoms with Crippen LogP contribution < -0.4 is 10.2 Å². The number of rotatable bonds is 5. The molecular formula is C20H31N7O. The number of nitrogens with one attached hydrogen (secondary N) is 1. The molecule has 1 atom stereocenters. The summed E-state index contributed by atoms with van der Waals surface area (Å²) in [6.45, 7) is 8.78. The molecule has 2 fully saturated rings. The second-order valence-corrected chi connectivity index (χ2v) is 8.14. The van der Waals surface area contributed by atoms with Crippen molar-refractivity contribution in [1.82, 2.24) is 30.0 Å². The highest BCUT2D eigenvalue weighted by atomic mass is 16.1. The third-order valence-electron chi connectivity index (χ3n) is 6.23. The van der Waals surface area contributed by atoms with Crippen molar-refractivity contribution in [2.24, 2.45) is 5.92 Å². The van der Waals surface area contributed by atoms with E-state index in [1.54, 1.807) is 4.52 Å². The van der Waals surface area contributed by atoms with E-state index < -0.39 is 0 Å². The number of piperidine rings is 2. The monoisotopic (exact) mass is 385 g/mol. The molecule has 0 radical (unpaired) electrons. The number of fused-ring (bicyclic) bond motifs is 1. The summed E-state index contributed by atoms with van der Waals surface area (Å²) in [5.41, 5.74) is 0.763. The Labute approximate surface area is 166 Å². The summed E-state index contributed by atoms with van der Waals surface area (Å²) < 4.78 is 1.77. The van der Waals surface area contributed by atoms with Crippen molar-refractivity contribution in [3.8, 4) is 0 Å². The highest BCUT2D eigenvalue weighted by Gasteiger charge is 2.26. The number of aryl methyl sites for hydroxylation is 1. The van der Waals surface area contributed by atoms with Crippen LogP contribution in [-0.2, 0) is 4.79 Å². The number of hydrogen-bond donors (Lipinski definition) is 1. The summed E-state index contributed by atoms with van der Waals surface area (Å²) in [5, 5.41) is 16.0. The van der Waals surface area contributed by atoms with Gasteiger partial charge in [-0.1, -0.05) is 6.42 Å². The Morgan fingerprint density at radius 2 is 1.96 bits per heavy atom. The molecule has 4 heterocycles. The van der Waals surface area contributed by atoms with Crippen LogP contribution in [0, 0.1) is 12.8 Å². The summed E-state index contributed by atoms with van der Waals surface area (Å²) in [7, 11) is 0. The molecule has 0 aliphatic carbocycles. The Bertz CT molecular complexity index is 812. The predicted molar refractivity (Wildman–Crippen MR) is 108 cm³/mol. The molecule has 8 nitrogen and oxygen atoms in total. The second kappa shape index (κ2) is 8.43. The fourth-order valence-corrected chi connectivity index (χ4v) is 4.38. The van der Waals surface area contributed by atoms with Gasteiger partial charge in [0.1, 0.15) is 5.82 Å². The third kappa shape index (κ3) is 4.11. The van der Waals surface area contributed by atoms with Gasteiger partial charge in [0.15, 0.2) is 11.5 Å². The summed E-state index contributed by atoms with van der Waals surface area (Å²) >= 11 is 0. The summed E-state index contributed by atoms with van der Waals surface area (Å²) in [6, 6.07) is 4.58. The van der Waals surface area contributed by atoms with Gasteiger partial charge >= 0.3 is 0 Å². The van der Waals surface area contributed by atoms with E-state index in [2.05, 4.69) is 37.3 Å². The molecule has 2 saturated heterocycles. The van der Waals surface area contributed by atoms with Gasteiger partial charge in [-0.2, -0.15) is 4.52 Å². The van der Waals surface area contributed by atoms with Crippen LogP contribution in [0.5, 0.6) is 0 Å². The molecule has 0 aromatic carbocycles. The van der Waals surface area contributed by atoms with Crippen LogP contribution in [0.25, 0.3) is 5.65 Å². The van der Waals surface area contributed by atoms with E-state index in [1.807, 2.05) is 19.1 Å². The van der Waals surface area contributed by atoms with Crippen molar-refractivity contribution < 1.29 is 4.79 Å². The standard InChI is InChI=1S/C20H31N7O/c1-15-5-3-4-11-25(15)14-10-21-20(28)17-8-12-26(13-9-17)19-7-6-18-23-22-16(2)27(18)24-19/h6-7,15,17H,3-5,8-14H2,1-2H3,(H,21,28). The first kappa shape index (κ1) is 19.1. The zero-order chi connectivity index (χ0) is 19.5. The first-order valence-electron chi connectivity index (χ1n) is 10.6. The first-order chi connectivity index (χ1) is 13.6. The molecule has 2 aliphatic rings. The first-order valence-corrected chi connectivity index (χ1v) is 10.6. The van der Waals surface area contributed by atoms with Crippen LogP contribution in [0.4, 0.5) is 5.82 Å². The van der Waals surface area contributed by atoms with Gasteiger partial charge in [-0.05, 0) is 58.2 Å². The zero-order valence-corrected chi connectivity index (χ0v) is 17.0. The molecule has 1 unspecified atom stereocenters. The highest BCUT2D eigenvalue weighted by molar-refractivity contribution is 5.79. The van der Waals surface area contributed by atoms with Crippen molar-refractivity contribution in [2.45, 2.75) is 52.0 Å². The van der Waals surface area contributed by atoms with Crippen LogP contribution in [0.15, 0.2) is 12.1 Å². The minimum Gasteiger partial charge on any atom is -0.355 e. The quantitative estimate of drug-likeness (QED) is 0.843. The van der Waals surface area contributed by atoms with E-state index in [-0.39, 0.29) is 11.8 Å². The molecule has 4 rings (SSSR count). The van der Waals surface area contributed by atoms with Gasteiger partial charge < -0.3 is 10.2 Å². The fraction of sp³-hybridized carbons (Fsp3) is 0.700. The average molecular weight is 386 g/mol. The molecule has 2 aromatic rings. The Kier molecular flexibility index (Phi) is 5.75. The SMILES string of the molecule is Cc1nnc2ccc(N3CCC(C(=O)NCCN4CCCCC4C)CC3)nn12. The van der Waals surface area contributed by atoms with Gasteiger partial charge in [0.05, 0.1) is 0 Å². The number of carbonyl (C=O) groups is 1. The number of hydrogen-bond acceptors (Lipinski definition) is 6. The molecule has 152 valence electrons. The Morgan fingerprint density at radius 3 is 2.75 bits per heavy atom. The normalized spacial score (nSPS) is 21.9. The largest absolute Gasteiger partial charge is 0.355 e. The second-order valence-electron chi connectivity index (χ2n) is 8.14. The van der Waals surface area contributed by atoms with E-state index in [4.69, 9.17) is 0 Å². The van der Waals surface area contributed by atoms with Crippen molar-refractivity contribution in [1.29, 1.82) is 0 Å². The predicted octanol–water partition coefficient (Wildman–Crippen LogP) is 1.64. The summed E-state index contributed by atoms with van der Waals surface area (Å²) in [4.78, 5) is 17.3. The van der Waals surface area contributed by atoms with E-state index in [1.165, 1.54) is 25.8 Å². The number of nitrogens with zero attached hydrogens (tertiary/aromatic N) is 6. The van der Waals surface area contributed by atoms with Gasteiger partial charge in [-0.25, -0.2) is 0 Å². The lowest BCUT2D eigenvalue weighted by Crippen LogP contribution is -2.45. The van der Waals surface area contributed by atoms with Gasteiger partial charge in [-0.15, -0.1) is 15.3 Å². The van der Waals surface area contributed by atoms with Gasteiger partial charge in [0.25, 0.3) is 0 Å². The lowest BCUT2D eigenvalue weighted by molar-refractivity contribution is -0.125. The van der Waals surface area contributed by atoms with Crippen LogP contribution in [0.1, 0.15) is 44.9 Å². The Balaban J connectivity index is 1.25. The van der Waals surface area contributed by atoms with E-state index in [0.29, 0.717) is 6.04 Å². The molecular weight excluding hydrogens is 354 g/mol. The van der Waals surface area contributed by atoms with Crippen molar-refractivity contribution in [3.05, 3.63) is 18.0 Å². The van der Waals surface area contributed by atoms with Crippen LogP contribution in [0.2, 0.25) is 0 Å². The number of likely N-dealkylation sites (tertiary alicyclic amines) is 1. The number of amides is 1. The van der Waals surface area contributed by atoms with Crippen molar-refractivity contribution in [3.63, 3.8) is 0 Å². The van der Waals surface area contributed by atoms with Crippen LogP contribution in [0.3, 0.4) is 0 Å². The molecule has 28 heavy (non-hydrogen) atoms. The minimum absolute atomic E-state index is 0.107. The molecule has 2 aliphatic heterocycles. The Morgan fingerprint density at radius 1 is 1.14 bits per heavy atom. The molecule has 2 aromatic heterocycles. The fourth-order valence-electron chi connectivity index (χ4n) is 4.38. The molecule has 0 spiro atoms. The maximum atomic E-state index is 12.6. The maximum Gasteiger partial charge on any atom is 0.223 e. The van der Waals surface area contributed by atoms with Crippen LogP contribution >= 0.6 is 0 Å². The topological polar surface area (TPSA) is 78.7 Å². The minimum atomic E-state index is 0.107. The smallest absolute Gasteiger partial charge is 0.223 e. The molecule has 1 N–H and O–H groups in total. The lowest BCUT2D eigenvalue weighted by atomic mass is 9.96. The highest BCUT2D eigenvalue weighted by Crippen LogP contribution is 2.22. The number of carbonyl (C=O) groups excluding carboxylic acids is 1. The molecule has 1 amide bonds. The lowest BCUT2D eigenvalue weighted by Gasteiger charge is -2.34. The number of aromatic nitrogens is 4. The van der Waals surface area contributed by atoms with Gasteiger partial charge in [-0.3, -0.25) is 9.69 Å². The van der Waals surface area contributed by atoms with E-state index in [0.717, 1.165) is 56.3 Å². The molecule has 8 heteroatoms. The van der Waals surface area contributed by atoms with E-state index in [9.17, 15) is 4.79 Å². The van der Waals surface area contributed by atoms with Crippen molar-refractivity contribution >= 4 is 17.4 Å². The van der Waals surface area contributed by atoms with Gasteiger partial charge in [0, 0.05) is 38.1 Å². The maximum absolute atomic E-state index is 12.6. The summed E-state index contributed by atoms with van der Waals surface area (Å²) in [6.07, 6.45) is 5.63. The molecule has 0 saturated carbocycles. The zero-order valence-electron chi connectivity index (χ0n) is 17.0. The average Bonchev–Trinajstić information content (AvgIpc) is 3.10. The summed E-state index contributed by atoms with van der Waals surface area (Å²) in [5.74, 6) is 2.03. The molecule has 0 bridgehead atoms. The third-order valence-corrected chi connectivity index (χ3v) is 6.23. The van der Waals surface area contributed by atoms with Gasteiger partial charge in [0.2, 0.25) is 5.91 Å². The number of anilines is 1. The van der Waals surface area contributed by atoms with E-state index >= 15 is 0 Å². The Hall–Kier alpha value is -2.22. The van der Waals surface area contributed by atoms with Crippen LogP contribution in [-0.4, -0.2) is 69.4 Å². The van der Waals surface area contributed by atoms with Crippen molar-refractivity contribution in [2.75, 3.05) is 37.6 Å².